The molecule has 4 nitrogen and oxygen atoms in total. The Morgan fingerprint density at radius 3 is 2.27 bits per heavy atom. The highest BCUT2D eigenvalue weighted by Gasteiger charge is 2.20. The first-order valence-electron chi connectivity index (χ1n) is 7.77. The number of hydrogen-bond acceptors (Lipinski definition) is 4. The maximum Gasteiger partial charge on any atom is 0.344 e. The van der Waals surface area contributed by atoms with Crippen LogP contribution in [0.25, 0.3) is 0 Å². The molecule has 26 heavy (non-hydrogen) atoms. The number of ketones is 1. The number of halogens is 3. The number of ether oxygens (including phenoxy) is 2. The van der Waals surface area contributed by atoms with Crippen molar-refractivity contribution in [2.24, 2.45) is 0 Å². The number of carbonyl (C=O) groups excluding carboxylic acids is 2. The fourth-order valence-corrected chi connectivity index (χ4v) is 2.76. The van der Waals surface area contributed by atoms with Crippen molar-refractivity contribution in [1.29, 1.82) is 0 Å². The van der Waals surface area contributed by atoms with E-state index in [1.54, 1.807) is 12.1 Å². The lowest BCUT2D eigenvalue weighted by Crippen LogP contribution is -2.27. The Labute approximate surface area is 167 Å². The second-order valence-corrected chi connectivity index (χ2v) is 7.00. The van der Waals surface area contributed by atoms with Crippen LogP contribution in [-0.2, 0) is 9.53 Å². The van der Waals surface area contributed by atoms with E-state index in [4.69, 9.17) is 44.3 Å². The first-order chi connectivity index (χ1) is 12.2. The van der Waals surface area contributed by atoms with Gasteiger partial charge in [-0.05, 0) is 44.0 Å². The van der Waals surface area contributed by atoms with Crippen molar-refractivity contribution in [2.45, 2.75) is 26.9 Å². The molecule has 2 aromatic rings. The molecule has 0 aliphatic rings. The number of benzene rings is 2. The number of rotatable bonds is 6. The number of carbonyl (C=O) groups is 2. The molecule has 0 fully saturated rings. The van der Waals surface area contributed by atoms with E-state index >= 15 is 0 Å². The van der Waals surface area contributed by atoms with E-state index in [0.717, 1.165) is 11.1 Å². The largest absolute Gasteiger partial charge is 0.480 e. The third kappa shape index (κ3) is 5.13. The second-order valence-electron chi connectivity index (χ2n) is 5.78. The first kappa shape index (κ1) is 20.6. The third-order valence-electron chi connectivity index (χ3n) is 3.79. The van der Waals surface area contributed by atoms with Gasteiger partial charge in [-0.1, -0.05) is 46.9 Å². The molecule has 0 aliphatic carbocycles. The highest BCUT2D eigenvalue weighted by atomic mass is 35.5. The summed E-state index contributed by atoms with van der Waals surface area (Å²) < 4.78 is 10.4. The van der Waals surface area contributed by atoms with E-state index in [1.807, 2.05) is 19.9 Å². The van der Waals surface area contributed by atoms with Crippen LogP contribution in [0.15, 0.2) is 30.3 Å². The fourth-order valence-electron chi connectivity index (χ4n) is 2.17. The summed E-state index contributed by atoms with van der Waals surface area (Å²) in [6.45, 7) is 4.97. The van der Waals surface area contributed by atoms with E-state index in [0.29, 0.717) is 5.56 Å². The molecular formula is C19H17Cl3O4. The van der Waals surface area contributed by atoms with Gasteiger partial charge >= 0.3 is 5.97 Å². The molecule has 0 aromatic heterocycles. The summed E-state index contributed by atoms with van der Waals surface area (Å²) in [6.07, 6.45) is -0.933. The maximum absolute atomic E-state index is 12.4. The molecule has 1 atom stereocenters. The van der Waals surface area contributed by atoms with Gasteiger partial charge in [-0.15, -0.1) is 0 Å². The first-order valence-corrected chi connectivity index (χ1v) is 8.90. The molecule has 2 aromatic carbocycles. The van der Waals surface area contributed by atoms with Crippen LogP contribution in [0.1, 0.15) is 28.4 Å². The van der Waals surface area contributed by atoms with Gasteiger partial charge in [0.05, 0.1) is 15.1 Å². The molecule has 0 radical (unpaired) electrons. The van der Waals surface area contributed by atoms with Gasteiger partial charge < -0.3 is 9.47 Å². The van der Waals surface area contributed by atoms with Crippen molar-refractivity contribution in [2.75, 3.05) is 6.61 Å². The van der Waals surface area contributed by atoms with Crippen LogP contribution >= 0.6 is 34.8 Å². The highest BCUT2D eigenvalue weighted by Crippen LogP contribution is 2.33. The Morgan fingerprint density at radius 1 is 0.962 bits per heavy atom. The Bertz CT molecular complexity index is 849. The van der Waals surface area contributed by atoms with Gasteiger partial charge in [-0.25, -0.2) is 4.79 Å². The zero-order valence-corrected chi connectivity index (χ0v) is 16.7. The summed E-state index contributed by atoms with van der Waals surface area (Å²) >= 11 is 17.7. The number of aryl methyl sites for hydroxylation is 2. The topological polar surface area (TPSA) is 52.6 Å². The summed E-state index contributed by atoms with van der Waals surface area (Å²) in [5, 5.41) is 0.739. The van der Waals surface area contributed by atoms with Crippen LogP contribution in [0.3, 0.4) is 0 Å². The van der Waals surface area contributed by atoms with Crippen molar-refractivity contribution in [3.63, 3.8) is 0 Å². The lowest BCUT2D eigenvalue weighted by molar-refractivity contribution is -0.148. The molecule has 0 N–H and O–H groups in total. The molecule has 0 amide bonds. The van der Waals surface area contributed by atoms with Crippen molar-refractivity contribution in [3.8, 4) is 5.75 Å². The van der Waals surface area contributed by atoms with Crippen LogP contribution in [-0.4, -0.2) is 24.5 Å². The van der Waals surface area contributed by atoms with E-state index in [2.05, 4.69) is 0 Å². The Morgan fingerprint density at radius 2 is 1.62 bits per heavy atom. The molecule has 0 saturated carbocycles. The van der Waals surface area contributed by atoms with Gasteiger partial charge in [-0.2, -0.15) is 0 Å². The van der Waals surface area contributed by atoms with E-state index < -0.39 is 18.7 Å². The predicted molar refractivity (Wildman–Crippen MR) is 103 cm³/mol. The predicted octanol–water partition coefficient (Wildman–Crippen LogP) is 5.46. The summed E-state index contributed by atoms with van der Waals surface area (Å²) in [7, 11) is 0. The van der Waals surface area contributed by atoms with E-state index in [1.165, 1.54) is 19.1 Å². The number of Topliss-reactive ketones (excluding diaryl/α,β-unsaturated/α-hetero) is 1. The van der Waals surface area contributed by atoms with Crippen LogP contribution in [0, 0.1) is 13.8 Å². The monoisotopic (exact) mass is 414 g/mol. The van der Waals surface area contributed by atoms with Crippen molar-refractivity contribution in [1.82, 2.24) is 0 Å². The van der Waals surface area contributed by atoms with Gasteiger partial charge in [0.2, 0.25) is 5.78 Å². The maximum atomic E-state index is 12.4. The molecule has 0 aliphatic heterocycles. The van der Waals surface area contributed by atoms with Crippen LogP contribution in [0.4, 0.5) is 0 Å². The van der Waals surface area contributed by atoms with Gasteiger partial charge in [0.1, 0.15) is 5.75 Å². The smallest absolute Gasteiger partial charge is 0.344 e. The lowest BCUT2D eigenvalue weighted by atomic mass is 10.0. The normalized spacial score (nSPS) is 11.8. The number of esters is 1. The molecule has 2 rings (SSSR count). The van der Waals surface area contributed by atoms with Crippen molar-refractivity contribution < 1.29 is 19.1 Å². The summed E-state index contributed by atoms with van der Waals surface area (Å²) in [5.74, 6) is -0.781. The van der Waals surface area contributed by atoms with E-state index in [9.17, 15) is 9.59 Å². The highest BCUT2D eigenvalue weighted by molar-refractivity contribution is 6.43. The van der Waals surface area contributed by atoms with Crippen LogP contribution < -0.4 is 4.74 Å². The lowest BCUT2D eigenvalue weighted by Gasteiger charge is -2.14. The third-order valence-corrected chi connectivity index (χ3v) is 4.81. The average Bonchev–Trinajstić information content (AvgIpc) is 2.58. The minimum Gasteiger partial charge on any atom is -0.480 e. The van der Waals surface area contributed by atoms with Gasteiger partial charge in [0.15, 0.2) is 12.7 Å². The second kappa shape index (κ2) is 8.76. The molecule has 0 saturated heterocycles. The zero-order valence-electron chi connectivity index (χ0n) is 14.4. The molecule has 0 bridgehead atoms. The Kier molecular flexibility index (Phi) is 6.93. The summed E-state index contributed by atoms with van der Waals surface area (Å²) in [4.78, 5) is 24.3. The summed E-state index contributed by atoms with van der Waals surface area (Å²) in [6, 6.07) is 8.16. The van der Waals surface area contributed by atoms with Gasteiger partial charge in [0, 0.05) is 11.6 Å². The minimum absolute atomic E-state index is 0.200. The van der Waals surface area contributed by atoms with Crippen molar-refractivity contribution >= 4 is 46.6 Å². The van der Waals surface area contributed by atoms with Crippen molar-refractivity contribution in [3.05, 3.63) is 62.1 Å². The molecular weight excluding hydrogens is 399 g/mol. The standard InChI is InChI=1S/C19H17Cl3O4/c1-10-4-5-13(6-11(10)2)19(24)12(3)26-18(23)9-25-17-8-15(21)14(20)7-16(17)22/h4-8,12H,9H2,1-3H3/t12-/m0/s1. The summed E-state index contributed by atoms with van der Waals surface area (Å²) in [5.41, 5.74) is 2.56. The minimum atomic E-state index is -0.933. The molecule has 0 unspecified atom stereocenters. The van der Waals surface area contributed by atoms with Gasteiger partial charge in [-0.3, -0.25) is 4.79 Å². The Balaban J connectivity index is 1.95. The SMILES string of the molecule is Cc1ccc(C(=O)[C@H](C)OC(=O)COc2cc(Cl)c(Cl)cc2Cl)cc1C. The molecule has 0 spiro atoms. The van der Waals surface area contributed by atoms with Gasteiger partial charge in [0.25, 0.3) is 0 Å². The van der Waals surface area contributed by atoms with Crippen LogP contribution in [0.5, 0.6) is 5.75 Å². The zero-order chi connectivity index (χ0) is 19.4. The average molecular weight is 416 g/mol. The van der Waals surface area contributed by atoms with Crippen LogP contribution in [0.2, 0.25) is 15.1 Å². The fraction of sp³-hybridized carbons (Fsp3) is 0.263. The molecule has 138 valence electrons. The molecule has 7 heteroatoms. The van der Waals surface area contributed by atoms with E-state index in [-0.39, 0.29) is 26.6 Å². The quantitative estimate of drug-likeness (QED) is 0.357. The Hall–Kier alpha value is -1.75. The molecule has 0 heterocycles. The number of hydrogen-bond donors (Lipinski definition) is 0.